The molecule has 0 aromatic heterocycles. The Kier molecular flexibility index (Phi) is 8.42. The first-order valence-corrected chi connectivity index (χ1v) is 9.30. The number of rotatable bonds is 8. The molecular weight excluding hydrogens is 338 g/mol. The molecule has 0 saturated heterocycles. The second-order valence-corrected chi connectivity index (χ2v) is 8.45. The van der Waals surface area contributed by atoms with E-state index < -0.39 is 39.9 Å². The van der Waals surface area contributed by atoms with Crippen molar-refractivity contribution >= 4 is 22.2 Å². The van der Waals surface area contributed by atoms with Crippen LogP contribution in [0.5, 0.6) is 0 Å². The van der Waals surface area contributed by atoms with Gasteiger partial charge in [0.15, 0.2) is 0 Å². The number of hydrogen-bond donors (Lipinski definition) is 2. The Labute approximate surface area is 143 Å². The summed E-state index contributed by atoms with van der Waals surface area (Å²) in [6, 6.07) is -0.773. The van der Waals surface area contributed by atoms with Gasteiger partial charge in [0.05, 0.1) is 12.3 Å². The smallest absolute Gasteiger partial charge is 0.407 e. The van der Waals surface area contributed by atoms with E-state index in [0.717, 1.165) is 18.4 Å². The molecule has 0 aliphatic heterocycles. The number of hydrogen-bond acceptors (Lipinski definition) is 6. The van der Waals surface area contributed by atoms with Crippen LogP contribution in [0.1, 0.15) is 41.0 Å². The third-order valence-electron chi connectivity index (χ3n) is 2.54. The van der Waals surface area contributed by atoms with E-state index in [1.807, 2.05) is 13.8 Å². The van der Waals surface area contributed by atoms with Gasteiger partial charge in [-0.15, -0.1) is 0 Å². The maximum Gasteiger partial charge on any atom is 0.407 e. The van der Waals surface area contributed by atoms with Gasteiger partial charge in [0.25, 0.3) is 10.1 Å². The molecule has 2 unspecified atom stereocenters. The topological polar surface area (TPSA) is 119 Å². The molecule has 0 radical (unpaired) electrons. The molecule has 0 heterocycles. The molecule has 0 aliphatic rings. The molecule has 24 heavy (non-hydrogen) atoms. The standard InChI is InChI=1S/C15H27NO7S/c1-10(2)9-11(16-14(19)22-15(3,4)5)12(7-8-13(17)18)23-24(6,20)21/h7-8,10-12H,9H2,1-6H3,(H,16,19)(H,17,18). The van der Waals surface area contributed by atoms with Crippen molar-refractivity contribution in [3.05, 3.63) is 12.2 Å². The number of carboxylic acid groups (broad SMARTS) is 1. The van der Waals surface area contributed by atoms with Gasteiger partial charge < -0.3 is 15.2 Å². The zero-order valence-electron chi connectivity index (χ0n) is 14.9. The van der Waals surface area contributed by atoms with Gasteiger partial charge in [0, 0.05) is 6.08 Å². The van der Waals surface area contributed by atoms with Crippen molar-refractivity contribution < 1.29 is 32.0 Å². The minimum atomic E-state index is -3.86. The number of carbonyl (C=O) groups is 2. The quantitative estimate of drug-likeness (QED) is 0.498. The number of carbonyl (C=O) groups excluding carboxylic acids is 1. The summed E-state index contributed by atoms with van der Waals surface area (Å²) in [5, 5.41) is 11.3. The fraction of sp³-hybridized carbons (Fsp3) is 0.733. The molecule has 0 bridgehead atoms. The number of nitrogens with one attached hydrogen (secondary N) is 1. The summed E-state index contributed by atoms with van der Waals surface area (Å²) >= 11 is 0. The number of alkyl carbamates (subject to hydrolysis) is 1. The van der Waals surface area contributed by atoms with Crippen LogP contribution in [0, 0.1) is 5.92 Å². The molecule has 0 spiro atoms. The Balaban J connectivity index is 5.42. The van der Waals surface area contributed by atoms with Gasteiger partial charge in [-0.05, 0) is 39.2 Å². The second kappa shape index (κ2) is 9.03. The van der Waals surface area contributed by atoms with E-state index in [0.29, 0.717) is 6.42 Å². The maximum atomic E-state index is 12.0. The van der Waals surface area contributed by atoms with Crippen molar-refractivity contribution in [2.75, 3.05) is 6.26 Å². The first-order chi connectivity index (χ1) is 10.7. The Bertz CT molecular complexity index is 561. The summed E-state index contributed by atoms with van der Waals surface area (Å²) in [6.07, 6.45) is 1.19. The molecule has 0 aliphatic carbocycles. The van der Waals surface area contributed by atoms with Crippen molar-refractivity contribution in [1.82, 2.24) is 5.32 Å². The van der Waals surface area contributed by atoms with Crippen LogP contribution in [0.25, 0.3) is 0 Å². The second-order valence-electron chi connectivity index (χ2n) is 6.84. The largest absolute Gasteiger partial charge is 0.478 e. The number of ether oxygens (including phenoxy) is 1. The van der Waals surface area contributed by atoms with Crippen LogP contribution in [0.15, 0.2) is 12.2 Å². The summed E-state index contributed by atoms with van der Waals surface area (Å²) in [5.41, 5.74) is -0.726. The van der Waals surface area contributed by atoms with Crippen LogP contribution in [0.4, 0.5) is 4.79 Å². The number of carboxylic acids is 1. The molecule has 2 N–H and O–H groups in total. The van der Waals surface area contributed by atoms with Crippen LogP contribution in [0.2, 0.25) is 0 Å². The normalized spacial score (nSPS) is 15.3. The van der Waals surface area contributed by atoms with E-state index in [4.69, 9.17) is 14.0 Å². The molecule has 0 saturated carbocycles. The Morgan fingerprint density at radius 2 is 1.79 bits per heavy atom. The van der Waals surface area contributed by atoms with E-state index in [1.165, 1.54) is 0 Å². The lowest BCUT2D eigenvalue weighted by atomic mass is 9.99. The minimum absolute atomic E-state index is 0.0915. The third kappa shape index (κ3) is 11.9. The summed E-state index contributed by atoms with van der Waals surface area (Å²) in [4.78, 5) is 22.7. The highest BCUT2D eigenvalue weighted by Gasteiger charge is 2.28. The number of amides is 1. The zero-order chi connectivity index (χ0) is 19.1. The van der Waals surface area contributed by atoms with Gasteiger partial charge in [-0.2, -0.15) is 8.42 Å². The molecule has 9 heteroatoms. The van der Waals surface area contributed by atoms with Gasteiger partial charge in [0.2, 0.25) is 0 Å². The molecule has 2 atom stereocenters. The number of aliphatic carboxylic acids is 1. The van der Waals surface area contributed by atoms with E-state index in [1.54, 1.807) is 20.8 Å². The zero-order valence-corrected chi connectivity index (χ0v) is 15.7. The van der Waals surface area contributed by atoms with Crippen LogP contribution >= 0.6 is 0 Å². The monoisotopic (exact) mass is 365 g/mol. The molecule has 140 valence electrons. The van der Waals surface area contributed by atoms with Crippen LogP contribution in [-0.2, 0) is 23.8 Å². The summed E-state index contributed by atoms with van der Waals surface area (Å²) in [5.74, 6) is -1.16. The molecule has 1 amide bonds. The van der Waals surface area contributed by atoms with Gasteiger partial charge in [-0.3, -0.25) is 4.18 Å². The van der Waals surface area contributed by atoms with Gasteiger partial charge in [0.1, 0.15) is 11.7 Å². The van der Waals surface area contributed by atoms with Crippen molar-refractivity contribution in [1.29, 1.82) is 0 Å². The molecule has 8 nitrogen and oxygen atoms in total. The van der Waals surface area contributed by atoms with E-state index in [2.05, 4.69) is 5.32 Å². The first-order valence-electron chi connectivity index (χ1n) is 7.48. The minimum Gasteiger partial charge on any atom is -0.478 e. The fourth-order valence-electron chi connectivity index (χ4n) is 1.85. The lowest BCUT2D eigenvalue weighted by Gasteiger charge is -2.28. The average molecular weight is 365 g/mol. The highest BCUT2D eigenvalue weighted by molar-refractivity contribution is 7.86. The summed E-state index contributed by atoms with van der Waals surface area (Å²) in [6.45, 7) is 8.83. The fourth-order valence-corrected chi connectivity index (χ4v) is 2.46. The highest BCUT2D eigenvalue weighted by Crippen LogP contribution is 2.16. The lowest BCUT2D eigenvalue weighted by molar-refractivity contribution is -0.131. The van der Waals surface area contributed by atoms with Crippen LogP contribution in [0.3, 0.4) is 0 Å². The molecule has 0 fully saturated rings. The van der Waals surface area contributed by atoms with E-state index >= 15 is 0 Å². The van der Waals surface area contributed by atoms with Crippen LogP contribution < -0.4 is 5.32 Å². The van der Waals surface area contributed by atoms with Crippen molar-refractivity contribution in [3.63, 3.8) is 0 Å². The average Bonchev–Trinajstić information content (AvgIpc) is 2.28. The Hall–Kier alpha value is -1.61. The lowest BCUT2D eigenvalue weighted by Crippen LogP contribution is -2.47. The van der Waals surface area contributed by atoms with Crippen LogP contribution in [-0.4, -0.2) is 49.6 Å². The summed E-state index contributed by atoms with van der Waals surface area (Å²) < 4.78 is 33.0. The molecule has 0 rings (SSSR count). The molecular formula is C15H27NO7S. The SMILES string of the molecule is CC(C)CC(NC(=O)OC(C)(C)C)C(C=CC(=O)O)OS(C)(=O)=O. The predicted octanol–water partition coefficient (Wildman–Crippen LogP) is 1.91. The Morgan fingerprint density at radius 3 is 2.17 bits per heavy atom. The third-order valence-corrected chi connectivity index (χ3v) is 3.11. The molecule has 0 aromatic carbocycles. The van der Waals surface area contributed by atoms with Gasteiger partial charge in [-0.1, -0.05) is 13.8 Å². The van der Waals surface area contributed by atoms with Gasteiger partial charge in [-0.25, -0.2) is 9.59 Å². The predicted molar refractivity (Wildman–Crippen MR) is 89.1 cm³/mol. The van der Waals surface area contributed by atoms with Crippen molar-refractivity contribution in [2.45, 2.75) is 58.8 Å². The maximum absolute atomic E-state index is 12.0. The van der Waals surface area contributed by atoms with Crippen molar-refractivity contribution in [3.8, 4) is 0 Å². The van der Waals surface area contributed by atoms with E-state index in [9.17, 15) is 18.0 Å². The van der Waals surface area contributed by atoms with Gasteiger partial charge >= 0.3 is 12.1 Å². The summed E-state index contributed by atoms with van der Waals surface area (Å²) in [7, 11) is -3.86. The van der Waals surface area contributed by atoms with E-state index in [-0.39, 0.29) is 5.92 Å². The molecule has 0 aromatic rings. The van der Waals surface area contributed by atoms with Crippen molar-refractivity contribution in [2.24, 2.45) is 5.92 Å². The Morgan fingerprint density at radius 1 is 1.25 bits per heavy atom. The highest BCUT2D eigenvalue weighted by atomic mass is 32.2. The first kappa shape index (κ1) is 22.4.